The lowest BCUT2D eigenvalue weighted by Gasteiger charge is -2.10. The van der Waals surface area contributed by atoms with Gasteiger partial charge in [0.25, 0.3) is 11.5 Å². The highest BCUT2D eigenvalue weighted by molar-refractivity contribution is 7.17. The van der Waals surface area contributed by atoms with E-state index in [2.05, 4.69) is 10.3 Å². The van der Waals surface area contributed by atoms with Crippen molar-refractivity contribution < 1.29 is 4.79 Å². The second-order valence-electron chi connectivity index (χ2n) is 4.35. The fraction of sp³-hybridized carbons (Fsp3) is 0.417. The van der Waals surface area contributed by atoms with E-state index in [0.29, 0.717) is 4.96 Å². The molecule has 3 rings (SSSR count). The Hall–Kier alpha value is -1.69. The van der Waals surface area contributed by atoms with E-state index in [0.717, 1.165) is 31.4 Å². The zero-order chi connectivity index (χ0) is 12.7. The molecule has 0 saturated carbocycles. The number of carbonyl (C=O) groups is 1. The number of carbonyl (C=O) groups excluding carboxylic acids is 1. The van der Waals surface area contributed by atoms with Crippen molar-refractivity contribution in [3.63, 3.8) is 0 Å². The number of thiazole rings is 1. The smallest absolute Gasteiger partial charge is 0.271 e. The average molecular weight is 263 g/mol. The van der Waals surface area contributed by atoms with Gasteiger partial charge < -0.3 is 5.32 Å². The normalized spacial score (nSPS) is 14.5. The van der Waals surface area contributed by atoms with Crippen molar-refractivity contribution in [1.82, 2.24) is 14.7 Å². The van der Waals surface area contributed by atoms with Gasteiger partial charge in [-0.15, -0.1) is 11.3 Å². The standard InChI is InChI=1S/C12H13N3O2S/c1-13-10(16)7-6-14-12-15(11(7)17)8-4-2-3-5-9(8)18-12/h6H,2-5H2,1H3,(H,13,16). The van der Waals surface area contributed by atoms with E-state index >= 15 is 0 Å². The molecule has 0 unspecified atom stereocenters. The lowest BCUT2D eigenvalue weighted by atomic mass is 10.0. The Balaban J connectivity index is 2.31. The molecule has 1 N–H and O–H groups in total. The average Bonchev–Trinajstić information content (AvgIpc) is 2.77. The number of nitrogens with zero attached hydrogens (tertiary/aromatic N) is 2. The van der Waals surface area contributed by atoms with E-state index < -0.39 is 0 Å². The Kier molecular flexibility index (Phi) is 2.66. The van der Waals surface area contributed by atoms with E-state index in [9.17, 15) is 9.59 Å². The first-order valence-corrected chi connectivity index (χ1v) is 6.78. The molecule has 18 heavy (non-hydrogen) atoms. The maximum absolute atomic E-state index is 12.3. The number of hydrogen-bond acceptors (Lipinski definition) is 4. The number of hydrogen-bond donors (Lipinski definition) is 1. The first-order valence-electron chi connectivity index (χ1n) is 5.96. The zero-order valence-corrected chi connectivity index (χ0v) is 10.8. The van der Waals surface area contributed by atoms with Crippen LogP contribution < -0.4 is 10.9 Å². The van der Waals surface area contributed by atoms with Crippen LogP contribution in [0.3, 0.4) is 0 Å². The van der Waals surface area contributed by atoms with Crippen molar-refractivity contribution in [1.29, 1.82) is 0 Å². The summed E-state index contributed by atoms with van der Waals surface area (Å²) in [5.74, 6) is -0.377. The van der Waals surface area contributed by atoms with Crippen LogP contribution >= 0.6 is 11.3 Å². The molecule has 0 aromatic carbocycles. The molecular formula is C12H13N3O2S. The predicted octanol–water partition coefficient (Wildman–Crippen LogP) is 0.994. The molecule has 0 saturated heterocycles. The Morgan fingerprint density at radius 2 is 2.22 bits per heavy atom. The van der Waals surface area contributed by atoms with Crippen LogP contribution in [0.5, 0.6) is 0 Å². The van der Waals surface area contributed by atoms with E-state index in [-0.39, 0.29) is 17.0 Å². The molecule has 0 bridgehead atoms. The lowest BCUT2D eigenvalue weighted by molar-refractivity contribution is 0.0961. The van der Waals surface area contributed by atoms with Crippen molar-refractivity contribution in [2.24, 2.45) is 0 Å². The van der Waals surface area contributed by atoms with Gasteiger partial charge in [0.15, 0.2) is 4.96 Å². The van der Waals surface area contributed by atoms with Crippen molar-refractivity contribution in [2.45, 2.75) is 25.7 Å². The summed E-state index contributed by atoms with van der Waals surface area (Å²) in [6.07, 6.45) is 5.54. The van der Waals surface area contributed by atoms with Gasteiger partial charge in [0, 0.05) is 23.8 Å². The molecule has 1 aliphatic carbocycles. The number of aromatic nitrogens is 2. The van der Waals surface area contributed by atoms with Crippen LogP contribution in [0.1, 0.15) is 33.8 Å². The maximum Gasteiger partial charge on any atom is 0.271 e. The second kappa shape index (κ2) is 4.20. The molecule has 0 aliphatic heterocycles. The molecule has 0 fully saturated rings. The van der Waals surface area contributed by atoms with Crippen LogP contribution in [0, 0.1) is 0 Å². The van der Waals surface area contributed by atoms with Gasteiger partial charge >= 0.3 is 0 Å². The van der Waals surface area contributed by atoms with Gasteiger partial charge in [-0.25, -0.2) is 4.98 Å². The van der Waals surface area contributed by atoms with Crippen molar-refractivity contribution in [2.75, 3.05) is 7.05 Å². The molecule has 2 heterocycles. The fourth-order valence-electron chi connectivity index (χ4n) is 2.36. The van der Waals surface area contributed by atoms with Gasteiger partial charge in [0.1, 0.15) is 5.56 Å². The first-order chi connectivity index (χ1) is 8.72. The fourth-order valence-corrected chi connectivity index (χ4v) is 3.53. The van der Waals surface area contributed by atoms with Crippen molar-refractivity contribution in [3.05, 3.63) is 32.7 Å². The van der Waals surface area contributed by atoms with E-state index in [4.69, 9.17) is 0 Å². The minimum atomic E-state index is -0.377. The molecule has 94 valence electrons. The summed E-state index contributed by atoms with van der Waals surface area (Å²) in [7, 11) is 1.51. The molecule has 2 aromatic heterocycles. The highest BCUT2D eigenvalue weighted by atomic mass is 32.1. The predicted molar refractivity (Wildman–Crippen MR) is 69.4 cm³/mol. The van der Waals surface area contributed by atoms with Crippen LogP contribution in [0.2, 0.25) is 0 Å². The zero-order valence-electron chi connectivity index (χ0n) is 10.0. The summed E-state index contributed by atoms with van der Waals surface area (Å²) >= 11 is 1.56. The SMILES string of the molecule is CNC(=O)c1cnc2sc3c(n2c1=O)CCCC3. The van der Waals surface area contributed by atoms with Crippen molar-refractivity contribution >= 4 is 22.2 Å². The highest BCUT2D eigenvalue weighted by Gasteiger charge is 2.20. The maximum atomic E-state index is 12.3. The number of amides is 1. The Morgan fingerprint density at radius 3 is 3.00 bits per heavy atom. The van der Waals surface area contributed by atoms with Crippen LogP contribution in [0.25, 0.3) is 4.96 Å². The highest BCUT2D eigenvalue weighted by Crippen LogP contribution is 2.27. The lowest BCUT2D eigenvalue weighted by Crippen LogP contribution is -2.29. The van der Waals surface area contributed by atoms with Gasteiger partial charge in [-0.1, -0.05) is 0 Å². The quantitative estimate of drug-likeness (QED) is 0.834. The molecule has 2 aromatic rings. The number of aryl methyl sites for hydroxylation is 2. The minimum Gasteiger partial charge on any atom is -0.355 e. The summed E-state index contributed by atoms with van der Waals surface area (Å²) in [6.45, 7) is 0. The van der Waals surface area contributed by atoms with Gasteiger partial charge in [-0.2, -0.15) is 0 Å². The van der Waals surface area contributed by atoms with E-state index in [1.165, 1.54) is 18.1 Å². The third kappa shape index (κ3) is 1.56. The number of fused-ring (bicyclic) bond motifs is 3. The summed E-state index contributed by atoms with van der Waals surface area (Å²) in [6, 6.07) is 0. The largest absolute Gasteiger partial charge is 0.355 e. The monoisotopic (exact) mass is 263 g/mol. The molecule has 1 amide bonds. The summed E-state index contributed by atoms with van der Waals surface area (Å²) in [4.78, 5) is 30.1. The molecule has 5 nitrogen and oxygen atoms in total. The number of rotatable bonds is 1. The molecule has 6 heteroatoms. The summed E-state index contributed by atoms with van der Waals surface area (Å²) < 4.78 is 1.61. The first kappa shape index (κ1) is 11.4. The Labute approximate surface area is 107 Å². The van der Waals surface area contributed by atoms with Gasteiger partial charge in [0.05, 0.1) is 0 Å². The molecule has 0 radical (unpaired) electrons. The van der Waals surface area contributed by atoms with E-state index in [1.54, 1.807) is 15.7 Å². The second-order valence-corrected chi connectivity index (χ2v) is 5.42. The van der Waals surface area contributed by atoms with E-state index in [1.807, 2.05) is 0 Å². The Morgan fingerprint density at radius 1 is 1.44 bits per heavy atom. The third-order valence-corrected chi connectivity index (χ3v) is 4.43. The van der Waals surface area contributed by atoms with Crippen LogP contribution in [0.15, 0.2) is 11.0 Å². The third-order valence-electron chi connectivity index (χ3n) is 3.27. The van der Waals surface area contributed by atoms with Crippen LogP contribution in [0.4, 0.5) is 0 Å². The van der Waals surface area contributed by atoms with Crippen LogP contribution in [-0.4, -0.2) is 22.3 Å². The molecule has 0 spiro atoms. The summed E-state index contributed by atoms with van der Waals surface area (Å²) in [5, 5.41) is 2.47. The van der Waals surface area contributed by atoms with Gasteiger partial charge in [-0.3, -0.25) is 14.0 Å². The number of nitrogens with one attached hydrogen (secondary N) is 1. The Bertz CT molecular complexity index is 686. The van der Waals surface area contributed by atoms with Gasteiger partial charge in [-0.05, 0) is 25.7 Å². The molecular weight excluding hydrogens is 250 g/mol. The topological polar surface area (TPSA) is 63.5 Å². The minimum absolute atomic E-state index is 0.112. The molecule has 0 atom stereocenters. The van der Waals surface area contributed by atoms with Crippen LogP contribution in [-0.2, 0) is 12.8 Å². The van der Waals surface area contributed by atoms with Crippen molar-refractivity contribution in [3.8, 4) is 0 Å². The summed E-state index contributed by atoms with van der Waals surface area (Å²) in [5.41, 5.74) is 0.907. The van der Waals surface area contributed by atoms with Gasteiger partial charge in [0.2, 0.25) is 0 Å². The molecule has 1 aliphatic rings.